The topological polar surface area (TPSA) is 79.8 Å². The summed E-state index contributed by atoms with van der Waals surface area (Å²) >= 11 is 12.0. The minimum atomic E-state index is -0.798. The van der Waals surface area contributed by atoms with Crippen LogP contribution in [0.2, 0.25) is 10.0 Å². The number of ether oxygens (including phenoxy) is 1. The number of nitrogens with zero attached hydrogens (tertiary/aromatic N) is 1. The van der Waals surface area contributed by atoms with Gasteiger partial charge in [0.2, 0.25) is 0 Å². The van der Waals surface area contributed by atoms with Crippen molar-refractivity contribution in [2.75, 3.05) is 6.61 Å². The SMILES string of the molecule is CCCOc1ccccc1C=NNC(=O)C(NC(=O)c1ccc(Cl)cc1Cl)C(C)C. The summed E-state index contributed by atoms with van der Waals surface area (Å²) in [5.74, 6) is -0.390. The average molecular weight is 450 g/mol. The Morgan fingerprint density at radius 1 is 1.17 bits per heavy atom. The molecule has 2 rings (SSSR count). The van der Waals surface area contributed by atoms with E-state index in [1.807, 2.05) is 45.0 Å². The van der Waals surface area contributed by atoms with Crippen LogP contribution >= 0.6 is 23.2 Å². The smallest absolute Gasteiger partial charge is 0.262 e. The summed E-state index contributed by atoms with van der Waals surface area (Å²) in [5.41, 5.74) is 3.46. The van der Waals surface area contributed by atoms with Crippen molar-refractivity contribution >= 4 is 41.2 Å². The van der Waals surface area contributed by atoms with Gasteiger partial charge in [-0.1, -0.05) is 56.1 Å². The summed E-state index contributed by atoms with van der Waals surface area (Å²) < 4.78 is 5.67. The summed E-state index contributed by atoms with van der Waals surface area (Å²) in [5, 5.41) is 7.36. The van der Waals surface area contributed by atoms with E-state index in [4.69, 9.17) is 27.9 Å². The lowest BCUT2D eigenvalue weighted by molar-refractivity contribution is -0.123. The second-order valence-electron chi connectivity index (χ2n) is 6.94. The predicted octanol–water partition coefficient (Wildman–Crippen LogP) is 4.69. The molecule has 0 saturated carbocycles. The van der Waals surface area contributed by atoms with Gasteiger partial charge in [0.15, 0.2) is 0 Å². The monoisotopic (exact) mass is 449 g/mol. The fourth-order valence-corrected chi connectivity index (χ4v) is 3.09. The summed E-state index contributed by atoms with van der Waals surface area (Å²) in [6.07, 6.45) is 2.40. The molecule has 2 aromatic rings. The number of hydrogen-bond acceptors (Lipinski definition) is 4. The van der Waals surface area contributed by atoms with Gasteiger partial charge in [-0.25, -0.2) is 5.43 Å². The molecule has 2 aromatic carbocycles. The molecule has 6 nitrogen and oxygen atoms in total. The highest BCUT2D eigenvalue weighted by atomic mass is 35.5. The van der Waals surface area contributed by atoms with E-state index in [0.29, 0.717) is 17.4 Å². The van der Waals surface area contributed by atoms with Gasteiger partial charge in [0.05, 0.1) is 23.4 Å². The van der Waals surface area contributed by atoms with Crippen LogP contribution in [0.15, 0.2) is 47.6 Å². The molecule has 0 heterocycles. The van der Waals surface area contributed by atoms with Crippen molar-refractivity contribution in [3.05, 3.63) is 63.6 Å². The zero-order chi connectivity index (χ0) is 22.1. The standard InChI is InChI=1S/C22H25Cl2N3O3/c1-4-11-30-19-8-6-5-7-15(19)13-25-27-22(29)20(14(2)3)26-21(28)17-10-9-16(23)12-18(17)24/h5-10,12-14,20H,4,11H2,1-3H3,(H,26,28)(H,27,29). The third-order valence-electron chi connectivity index (χ3n) is 4.17. The molecule has 0 bridgehead atoms. The molecule has 0 aliphatic carbocycles. The molecule has 0 spiro atoms. The molecule has 0 aromatic heterocycles. The van der Waals surface area contributed by atoms with E-state index in [1.165, 1.54) is 18.3 Å². The van der Waals surface area contributed by atoms with Gasteiger partial charge < -0.3 is 10.1 Å². The molecule has 0 radical (unpaired) electrons. The molecular weight excluding hydrogens is 425 g/mol. The first kappa shape index (κ1) is 23.7. The summed E-state index contributed by atoms with van der Waals surface area (Å²) in [7, 11) is 0. The number of nitrogens with one attached hydrogen (secondary N) is 2. The van der Waals surface area contributed by atoms with Gasteiger partial charge in [-0.15, -0.1) is 0 Å². The second kappa shape index (κ2) is 11.6. The molecule has 1 atom stereocenters. The number of carbonyl (C=O) groups is 2. The lowest BCUT2D eigenvalue weighted by atomic mass is 10.0. The minimum absolute atomic E-state index is 0.171. The van der Waals surface area contributed by atoms with Gasteiger partial charge >= 0.3 is 0 Å². The molecule has 0 saturated heterocycles. The van der Waals surface area contributed by atoms with E-state index in [0.717, 1.165) is 12.0 Å². The highest BCUT2D eigenvalue weighted by Crippen LogP contribution is 2.21. The molecule has 30 heavy (non-hydrogen) atoms. The minimum Gasteiger partial charge on any atom is -0.493 e. The van der Waals surface area contributed by atoms with Gasteiger partial charge in [-0.3, -0.25) is 9.59 Å². The van der Waals surface area contributed by atoms with Crippen molar-refractivity contribution in [2.45, 2.75) is 33.2 Å². The van der Waals surface area contributed by atoms with Crippen LogP contribution in [0.1, 0.15) is 43.1 Å². The van der Waals surface area contributed by atoms with E-state index < -0.39 is 17.9 Å². The summed E-state index contributed by atoms with van der Waals surface area (Å²) in [4.78, 5) is 25.2. The van der Waals surface area contributed by atoms with E-state index in [1.54, 1.807) is 6.07 Å². The molecule has 0 fully saturated rings. The second-order valence-corrected chi connectivity index (χ2v) is 7.78. The Morgan fingerprint density at radius 2 is 1.90 bits per heavy atom. The molecule has 0 aliphatic rings. The third kappa shape index (κ3) is 6.75. The van der Waals surface area contributed by atoms with E-state index in [9.17, 15) is 9.59 Å². The van der Waals surface area contributed by atoms with Crippen LogP contribution in [0.5, 0.6) is 5.75 Å². The lowest BCUT2D eigenvalue weighted by Crippen LogP contribution is -2.48. The number of amides is 2. The first-order valence-electron chi connectivity index (χ1n) is 9.64. The number of carbonyl (C=O) groups excluding carboxylic acids is 2. The number of hydrogen-bond donors (Lipinski definition) is 2. The molecule has 2 N–H and O–H groups in total. The van der Waals surface area contributed by atoms with Crippen LogP contribution in [-0.4, -0.2) is 30.7 Å². The van der Waals surface area contributed by atoms with Crippen LogP contribution in [0, 0.1) is 5.92 Å². The van der Waals surface area contributed by atoms with Crippen LogP contribution in [-0.2, 0) is 4.79 Å². The molecule has 1 unspecified atom stereocenters. The van der Waals surface area contributed by atoms with Gasteiger partial charge in [-0.05, 0) is 42.7 Å². The average Bonchev–Trinajstić information content (AvgIpc) is 2.70. The van der Waals surface area contributed by atoms with E-state index in [-0.39, 0.29) is 16.5 Å². The van der Waals surface area contributed by atoms with Crippen LogP contribution < -0.4 is 15.5 Å². The number of rotatable bonds is 9. The third-order valence-corrected chi connectivity index (χ3v) is 4.72. The zero-order valence-electron chi connectivity index (χ0n) is 17.1. The van der Waals surface area contributed by atoms with Crippen LogP contribution in [0.4, 0.5) is 0 Å². The van der Waals surface area contributed by atoms with Gasteiger partial charge in [0.1, 0.15) is 11.8 Å². The molecule has 160 valence electrons. The largest absolute Gasteiger partial charge is 0.493 e. The normalized spacial score (nSPS) is 12.1. The molecule has 8 heteroatoms. The van der Waals surface area contributed by atoms with Crippen molar-refractivity contribution < 1.29 is 14.3 Å². The fourth-order valence-electron chi connectivity index (χ4n) is 2.59. The Bertz CT molecular complexity index is 916. The quantitative estimate of drug-likeness (QED) is 0.430. The Labute approximate surface area is 186 Å². The van der Waals surface area contributed by atoms with Gasteiger partial charge in [0, 0.05) is 10.6 Å². The molecule has 2 amide bonds. The van der Waals surface area contributed by atoms with Crippen LogP contribution in [0.3, 0.4) is 0 Å². The van der Waals surface area contributed by atoms with Crippen molar-refractivity contribution in [3.63, 3.8) is 0 Å². The summed E-state index contributed by atoms with van der Waals surface area (Å²) in [6, 6.07) is 11.2. The highest BCUT2D eigenvalue weighted by Gasteiger charge is 2.25. The number of hydrazone groups is 1. The predicted molar refractivity (Wildman–Crippen MR) is 121 cm³/mol. The number of para-hydroxylation sites is 1. The Kier molecular flexibility index (Phi) is 9.15. The maximum Gasteiger partial charge on any atom is 0.262 e. The zero-order valence-corrected chi connectivity index (χ0v) is 18.6. The molecular formula is C22H25Cl2N3O3. The number of halogens is 2. The Hall–Kier alpha value is -2.57. The first-order chi connectivity index (χ1) is 14.3. The van der Waals surface area contributed by atoms with E-state index >= 15 is 0 Å². The van der Waals surface area contributed by atoms with Crippen molar-refractivity contribution in [2.24, 2.45) is 11.0 Å². The number of benzene rings is 2. The fraction of sp³-hybridized carbons (Fsp3) is 0.318. The highest BCUT2D eigenvalue weighted by molar-refractivity contribution is 6.36. The van der Waals surface area contributed by atoms with Crippen molar-refractivity contribution in [1.29, 1.82) is 0 Å². The Morgan fingerprint density at radius 3 is 2.57 bits per heavy atom. The lowest BCUT2D eigenvalue weighted by Gasteiger charge is -2.20. The van der Waals surface area contributed by atoms with Crippen molar-refractivity contribution in [3.8, 4) is 5.75 Å². The summed E-state index contributed by atoms with van der Waals surface area (Å²) in [6.45, 7) is 6.26. The molecule has 0 aliphatic heterocycles. The van der Waals surface area contributed by atoms with Crippen molar-refractivity contribution in [1.82, 2.24) is 10.7 Å². The maximum atomic E-state index is 12.6. The van der Waals surface area contributed by atoms with Crippen LogP contribution in [0.25, 0.3) is 0 Å². The van der Waals surface area contributed by atoms with Gasteiger partial charge in [-0.2, -0.15) is 5.10 Å². The van der Waals surface area contributed by atoms with E-state index in [2.05, 4.69) is 15.8 Å². The Balaban J connectivity index is 2.06. The first-order valence-corrected chi connectivity index (χ1v) is 10.4. The maximum absolute atomic E-state index is 12.6. The van der Waals surface area contributed by atoms with Gasteiger partial charge in [0.25, 0.3) is 11.8 Å².